The van der Waals surface area contributed by atoms with E-state index in [1.54, 1.807) is 0 Å². The Balaban J connectivity index is 2.91. The van der Waals surface area contributed by atoms with Gasteiger partial charge < -0.3 is 4.42 Å². The predicted molar refractivity (Wildman–Crippen MR) is 70.7 cm³/mol. The highest BCUT2D eigenvalue weighted by Gasteiger charge is 2.14. The smallest absolute Gasteiger partial charge is 0.192 e. The molecule has 2 heteroatoms. The summed E-state index contributed by atoms with van der Waals surface area (Å²) in [7, 11) is 0. The SMILES string of the molecule is CC(C)c1ccc(C(C)C)c2c(=O)ccoc12. The summed E-state index contributed by atoms with van der Waals surface area (Å²) in [6.07, 6.45) is 1.49. The Kier molecular flexibility index (Phi) is 3.05. The maximum absolute atomic E-state index is 12.0. The lowest BCUT2D eigenvalue weighted by Gasteiger charge is -2.13. The summed E-state index contributed by atoms with van der Waals surface area (Å²) in [5.41, 5.74) is 2.97. The summed E-state index contributed by atoms with van der Waals surface area (Å²) in [5, 5.41) is 0.744. The normalized spacial score (nSPS) is 11.6. The highest BCUT2D eigenvalue weighted by Crippen LogP contribution is 2.29. The van der Waals surface area contributed by atoms with Crippen LogP contribution in [-0.4, -0.2) is 0 Å². The predicted octanol–water partition coefficient (Wildman–Crippen LogP) is 4.04. The van der Waals surface area contributed by atoms with Crippen LogP contribution in [0.2, 0.25) is 0 Å². The molecule has 1 heterocycles. The second-order valence-electron chi connectivity index (χ2n) is 5.04. The molecule has 90 valence electrons. The van der Waals surface area contributed by atoms with Crippen LogP contribution in [0, 0.1) is 0 Å². The molecule has 0 atom stereocenters. The second kappa shape index (κ2) is 4.36. The van der Waals surface area contributed by atoms with Gasteiger partial charge in [0.25, 0.3) is 0 Å². The van der Waals surface area contributed by atoms with Gasteiger partial charge in [-0.3, -0.25) is 4.79 Å². The third kappa shape index (κ3) is 1.99. The maximum Gasteiger partial charge on any atom is 0.192 e. The van der Waals surface area contributed by atoms with Crippen molar-refractivity contribution in [2.24, 2.45) is 0 Å². The van der Waals surface area contributed by atoms with Crippen molar-refractivity contribution in [1.82, 2.24) is 0 Å². The van der Waals surface area contributed by atoms with Gasteiger partial charge in [-0.1, -0.05) is 39.8 Å². The largest absolute Gasteiger partial charge is 0.464 e. The minimum absolute atomic E-state index is 0.0532. The third-order valence-electron chi connectivity index (χ3n) is 3.12. The van der Waals surface area contributed by atoms with E-state index in [0.29, 0.717) is 11.8 Å². The van der Waals surface area contributed by atoms with E-state index in [0.717, 1.165) is 22.1 Å². The molecule has 0 aliphatic rings. The maximum atomic E-state index is 12.0. The highest BCUT2D eigenvalue weighted by molar-refractivity contribution is 5.84. The molecule has 0 N–H and O–H groups in total. The molecular formula is C15H18O2. The van der Waals surface area contributed by atoms with Crippen LogP contribution < -0.4 is 5.43 Å². The van der Waals surface area contributed by atoms with Gasteiger partial charge in [0.2, 0.25) is 0 Å². The van der Waals surface area contributed by atoms with Gasteiger partial charge in [-0.15, -0.1) is 0 Å². The van der Waals surface area contributed by atoms with Gasteiger partial charge in [0, 0.05) is 6.07 Å². The standard InChI is InChI=1S/C15H18O2/c1-9(2)11-5-6-12(10(3)4)15-14(11)13(16)7-8-17-15/h5-10H,1-4H3. The first-order chi connectivity index (χ1) is 8.02. The zero-order valence-corrected chi connectivity index (χ0v) is 10.8. The van der Waals surface area contributed by atoms with Crippen LogP contribution in [0.15, 0.2) is 33.7 Å². The topological polar surface area (TPSA) is 30.2 Å². The van der Waals surface area contributed by atoms with Gasteiger partial charge in [-0.2, -0.15) is 0 Å². The molecule has 0 bridgehead atoms. The van der Waals surface area contributed by atoms with Gasteiger partial charge in [0.15, 0.2) is 5.43 Å². The Morgan fingerprint density at radius 3 is 2.12 bits per heavy atom. The number of rotatable bonds is 2. The van der Waals surface area contributed by atoms with E-state index < -0.39 is 0 Å². The first kappa shape index (κ1) is 11.9. The lowest BCUT2D eigenvalue weighted by Crippen LogP contribution is -2.05. The molecule has 2 aromatic rings. The van der Waals surface area contributed by atoms with Crippen LogP contribution in [0.4, 0.5) is 0 Å². The molecule has 2 rings (SSSR count). The molecule has 1 aromatic heterocycles. The van der Waals surface area contributed by atoms with E-state index in [1.165, 1.54) is 12.3 Å². The first-order valence-electron chi connectivity index (χ1n) is 6.06. The van der Waals surface area contributed by atoms with Crippen molar-refractivity contribution in [2.75, 3.05) is 0 Å². The van der Waals surface area contributed by atoms with Crippen LogP contribution in [0.3, 0.4) is 0 Å². The zero-order valence-electron chi connectivity index (χ0n) is 10.8. The minimum Gasteiger partial charge on any atom is -0.464 e. The summed E-state index contributed by atoms with van der Waals surface area (Å²) in [6.45, 7) is 8.40. The zero-order chi connectivity index (χ0) is 12.6. The van der Waals surface area contributed by atoms with Crippen molar-refractivity contribution in [3.63, 3.8) is 0 Å². The van der Waals surface area contributed by atoms with E-state index in [2.05, 4.69) is 39.8 Å². The minimum atomic E-state index is 0.0532. The van der Waals surface area contributed by atoms with E-state index in [-0.39, 0.29) is 5.43 Å². The van der Waals surface area contributed by atoms with Crippen molar-refractivity contribution in [1.29, 1.82) is 0 Å². The second-order valence-corrected chi connectivity index (χ2v) is 5.04. The van der Waals surface area contributed by atoms with Crippen LogP contribution in [-0.2, 0) is 0 Å². The van der Waals surface area contributed by atoms with Gasteiger partial charge >= 0.3 is 0 Å². The van der Waals surface area contributed by atoms with Gasteiger partial charge in [-0.05, 0) is 23.0 Å². The third-order valence-corrected chi connectivity index (χ3v) is 3.12. The summed E-state index contributed by atoms with van der Waals surface area (Å²) >= 11 is 0. The molecule has 0 spiro atoms. The fourth-order valence-corrected chi connectivity index (χ4v) is 2.18. The Bertz CT molecular complexity index is 591. The molecule has 0 saturated heterocycles. The number of fused-ring (bicyclic) bond motifs is 1. The van der Waals surface area contributed by atoms with Crippen molar-refractivity contribution < 1.29 is 4.42 Å². The molecule has 1 aromatic carbocycles. The quantitative estimate of drug-likeness (QED) is 0.779. The van der Waals surface area contributed by atoms with Gasteiger partial charge in [-0.25, -0.2) is 0 Å². The van der Waals surface area contributed by atoms with Crippen molar-refractivity contribution >= 4 is 11.0 Å². The van der Waals surface area contributed by atoms with Gasteiger partial charge in [0.05, 0.1) is 11.6 Å². The van der Waals surface area contributed by atoms with Crippen LogP contribution >= 0.6 is 0 Å². The monoisotopic (exact) mass is 230 g/mol. The number of benzene rings is 1. The van der Waals surface area contributed by atoms with Crippen molar-refractivity contribution in [3.05, 3.63) is 45.8 Å². The molecule has 0 aliphatic heterocycles. The fraction of sp³-hybridized carbons (Fsp3) is 0.400. The number of hydrogen-bond donors (Lipinski definition) is 0. The lowest BCUT2D eigenvalue weighted by molar-refractivity contribution is 0.593. The average molecular weight is 230 g/mol. The fourth-order valence-electron chi connectivity index (χ4n) is 2.18. The highest BCUT2D eigenvalue weighted by atomic mass is 16.3. The van der Waals surface area contributed by atoms with Crippen LogP contribution in [0.1, 0.15) is 50.7 Å². The van der Waals surface area contributed by atoms with E-state index in [4.69, 9.17) is 4.42 Å². The Hall–Kier alpha value is -1.57. The van der Waals surface area contributed by atoms with Gasteiger partial charge in [0.1, 0.15) is 5.58 Å². The molecule has 0 aliphatic carbocycles. The van der Waals surface area contributed by atoms with Crippen molar-refractivity contribution in [2.45, 2.75) is 39.5 Å². The first-order valence-corrected chi connectivity index (χ1v) is 6.06. The molecule has 0 fully saturated rings. The molecule has 0 radical (unpaired) electrons. The summed E-state index contributed by atoms with van der Waals surface area (Å²) in [4.78, 5) is 12.0. The molecule has 0 saturated carbocycles. The molecule has 0 unspecified atom stereocenters. The average Bonchev–Trinajstić information content (AvgIpc) is 2.27. The Morgan fingerprint density at radius 2 is 1.53 bits per heavy atom. The van der Waals surface area contributed by atoms with E-state index in [1.807, 2.05) is 0 Å². The summed E-state index contributed by atoms with van der Waals surface area (Å²) in [5.74, 6) is 0.674. The lowest BCUT2D eigenvalue weighted by atomic mass is 9.93. The summed E-state index contributed by atoms with van der Waals surface area (Å²) < 4.78 is 5.58. The molecule has 0 amide bonds. The van der Waals surface area contributed by atoms with Crippen LogP contribution in [0.5, 0.6) is 0 Å². The Labute approximate surface area is 101 Å². The molecular weight excluding hydrogens is 212 g/mol. The van der Waals surface area contributed by atoms with Crippen LogP contribution in [0.25, 0.3) is 11.0 Å². The van der Waals surface area contributed by atoms with E-state index >= 15 is 0 Å². The summed E-state index contributed by atoms with van der Waals surface area (Å²) in [6, 6.07) is 5.63. The Morgan fingerprint density at radius 1 is 0.941 bits per heavy atom. The number of hydrogen-bond acceptors (Lipinski definition) is 2. The van der Waals surface area contributed by atoms with Crippen molar-refractivity contribution in [3.8, 4) is 0 Å². The molecule has 2 nitrogen and oxygen atoms in total. The molecule has 17 heavy (non-hydrogen) atoms. The van der Waals surface area contributed by atoms with E-state index in [9.17, 15) is 4.79 Å².